The highest BCUT2D eigenvalue weighted by Crippen LogP contribution is 2.29. The number of thioether (sulfide) groups is 1. The third-order valence-electron chi connectivity index (χ3n) is 9.22. The van der Waals surface area contributed by atoms with Crippen LogP contribution in [0.1, 0.15) is 194 Å². The van der Waals surface area contributed by atoms with E-state index in [9.17, 15) is 29.7 Å². The Hall–Kier alpha value is -0.960. The van der Waals surface area contributed by atoms with Crippen LogP contribution >= 0.6 is 11.8 Å². The monoisotopic (exact) mass is 672 g/mol. The second-order valence-electron chi connectivity index (χ2n) is 13.6. The Morgan fingerprint density at radius 3 is 1.24 bits per heavy atom. The van der Waals surface area contributed by atoms with Gasteiger partial charge in [0.2, 0.25) is 0 Å². The molecule has 5 N–H and O–H groups in total. The number of Topliss-reactive ketones (excluding diaryl/α,β-unsaturated/α-hetero) is 2. The van der Waals surface area contributed by atoms with Crippen LogP contribution in [-0.2, 0) is 14.4 Å². The van der Waals surface area contributed by atoms with Crippen molar-refractivity contribution < 1.29 is 29.7 Å². The van der Waals surface area contributed by atoms with Crippen molar-refractivity contribution in [1.82, 2.24) is 0 Å². The highest BCUT2D eigenvalue weighted by atomic mass is 32.2. The van der Waals surface area contributed by atoms with Gasteiger partial charge in [0.1, 0.15) is 5.78 Å². The second-order valence-corrected chi connectivity index (χ2v) is 14.7. The van der Waals surface area contributed by atoms with Gasteiger partial charge >= 0.3 is 5.97 Å². The maximum Gasteiger partial charge on any atom is 0.333 e. The van der Waals surface area contributed by atoms with Gasteiger partial charge in [-0.05, 0) is 12.8 Å². The summed E-state index contributed by atoms with van der Waals surface area (Å²) in [7, 11) is 0. The highest BCUT2D eigenvalue weighted by molar-refractivity contribution is 8.00. The number of aliphatic hydroxyl groups excluding tert-OH is 2. The van der Waals surface area contributed by atoms with E-state index in [0.717, 1.165) is 50.3 Å². The van der Waals surface area contributed by atoms with Gasteiger partial charge in [0.25, 0.3) is 0 Å². The molecule has 3 atom stereocenters. The van der Waals surface area contributed by atoms with Crippen LogP contribution in [-0.4, -0.2) is 62.1 Å². The Bertz CT molecular complexity index is 751. The van der Waals surface area contributed by atoms with E-state index >= 15 is 0 Å². The Morgan fingerprint density at radius 1 is 0.587 bits per heavy atom. The molecule has 0 aromatic carbocycles. The quantitative estimate of drug-likeness (QED) is 0.0382. The molecule has 0 aliphatic rings. The lowest BCUT2D eigenvalue weighted by Gasteiger charge is -2.31. The summed E-state index contributed by atoms with van der Waals surface area (Å²) in [5.41, 5.74) is 3.97. The van der Waals surface area contributed by atoms with Crippen molar-refractivity contribution in [3.8, 4) is 0 Å². The van der Waals surface area contributed by atoms with Crippen molar-refractivity contribution in [3.05, 3.63) is 0 Å². The molecule has 7 nitrogen and oxygen atoms in total. The molecule has 0 radical (unpaired) electrons. The van der Waals surface area contributed by atoms with Gasteiger partial charge in [0.15, 0.2) is 11.3 Å². The zero-order valence-electron chi connectivity index (χ0n) is 29.9. The fraction of sp³-hybridized carbons (Fsp3) is 0.921. The van der Waals surface area contributed by atoms with Crippen LogP contribution in [0, 0.1) is 0 Å². The van der Waals surface area contributed by atoms with Crippen LogP contribution < -0.4 is 5.73 Å². The topological polar surface area (TPSA) is 138 Å². The molecule has 272 valence electrons. The highest BCUT2D eigenvalue weighted by Gasteiger charge is 2.51. The summed E-state index contributed by atoms with van der Waals surface area (Å²) in [6.07, 6.45) is 29.5. The van der Waals surface area contributed by atoms with Crippen molar-refractivity contribution in [2.75, 3.05) is 12.4 Å². The van der Waals surface area contributed by atoms with E-state index < -0.39 is 35.3 Å². The van der Waals surface area contributed by atoms with Gasteiger partial charge in [0.05, 0.1) is 18.0 Å². The molecule has 0 aliphatic carbocycles. The predicted octanol–water partition coefficient (Wildman–Crippen LogP) is 9.32. The lowest BCUT2D eigenvalue weighted by Crippen LogP contribution is -2.64. The van der Waals surface area contributed by atoms with Crippen LogP contribution in [0.3, 0.4) is 0 Å². The molecule has 0 heterocycles. The predicted molar refractivity (Wildman–Crippen MR) is 195 cm³/mol. The molecular weight excluding hydrogens is 598 g/mol. The third kappa shape index (κ3) is 22.6. The molecule has 0 aliphatic heterocycles. The maximum absolute atomic E-state index is 13.3. The maximum atomic E-state index is 13.3. The first-order valence-corrected chi connectivity index (χ1v) is 20.3. The average molecular weight is 672 g/mol. The van der Waals surface area contributed by atoms with Gasteiger partial charge in [-0.25, -0.2) is 4.79 Å². The normalized spacial score (nSPS) is 14.2. The van der Waals surface area contributed by atoms with Crippen LogP contribution in [0.5, 0.6) is 0 Å². The number of carbonyl (C=O) groups is 3. The van der Waals surface area contributed by atoms with Crippen molar-refractivity contribution in [3.63, 3.8) is 0 Å². The zero-order valence-corrected chi connectivity index (χ0v) is 30.7. The minimum atomic E-state index is -2.34. The number of aliphatic hydroxyl groups is 2. The number of rotatable bonds is 36. The van der Waals surface area contributed by atoms with Crippen LogP contribution in [0.2, 0.25) is 0 Å². The molecule has 0 aromatic heterocycles. The molecule has 0 rings (SSSR count). The van der Waals surface area contributed by atoms with Gasteiger partial charge < -0.3 is 21.1 Å². The third-order valence-corrected chi connectivity index (χ3v) is 10.8. The van der Waals surface area contributed by atoms with Crippen molar-refractivity contribution >= 4 is 29.3 Å². The van der Waals surface area contributed by atoms with Gasteiger partial charge in [-0.3, -0.25) is 9.59 Å². The summed E-state index contributed by atoms with van der Waals surface area (Å²) in [4.78, 5) is 39.0. The summed E-state index contributed by atoms with van der Waals surface area (Å²) in [5.74, 6) is -2.55. The van der Waals surface area contributed by atoms with Gasteiger partial charge in [-0.2, -0.15) is 0 Å². The number of ketones is 2. The lowest BCUT2D eigenvalue weighted by atomic mass is 9.84. The van der Waals surface area contributed by atoms with E-state index in [2.05, 4.69) is 13.8 Å². The molecule has 0 saturated carbocycles. The number of hydrogen-bond donors (Lipinski definition) is 4. The minimum Gasteiger partial charge on any atom is -0.479 e. The summed E-state index contributed by atoms with van der Waals surface area (Å²) < 4.78 is 0. The first-order valence-electron chi connectivity index (χ1n) is 19.2. The number of hydrogen-bond acceptors (Lipinski definition) is 7. The van der Waals surface area contributed by atoms with E-state index in [1.54, 1.807) is 0 Å². The molecule has 0 aromatic rings. The summed E-state index contributed by atoms with van der Waals surface area (Å²) >= 11 is 0.887. The fourth-order valence-corrected chi connectivity index (χ4v) is 7.39. The van der Waals surface area contributed by atoms with Gasteiger partial charge in [0, 0.05) is 18.6 Å². The van der Waals surface area contributed by atoms with Gasteiger partial charge in [-0.15, -0.1) is 11.8 Å². The minimum absolute atomic E-state index is 0.0200. The molecular formula is C38H73NO6S. The zero-order chi connectivity index (χ0) is 34.3. The van der Waals surface area contributed by atoms with E-state index in [1.807, 2.05) is 0 Å². The van der Waals surface area contributed by atoms with Crippen molar-refractivity contribution in [2.24, 2.45) is 5.73 Å². The van der Waals surface area contributed by atoms with Gasteiger partial charge in [-0.1, -0.05) is 168 Å². The molecule has 0 fully saturated rings. The summed E-state index contributed by atoms with van der Waals surface area (Å²) in [6.45, 7) is 3.96. The standard InChI is InChI=1S/C38H73NO6S/c1-3-5-7-9-11-13-15-17-19-21-23-25-27-29-34(42)36(46-32-33(41)31-40)38(39,37(44)45)35(43)30-28-26-24-22-20-18-16-14-12-10-8-6-4-2/h33,36,40-41H,3-32,39H2,1-2H3,(H,44,45)/t33?,36?,38-/m0/s1. The first-order chi connectivity index (χ1) is 22.2. The molecule has 8 heteroatoms. The smallest absolute Gasteiger partial charge is 0.333 e. The largest absolute Gasteiger partial charge is 0.479 e. The average Bonchev–Trinajstić information content (AvgIpc) is 3.04. The molecule has 0 spiro atoms. The number of carboxylic acid groups (broad SMARTS) is 1. The molecule has 0 saturated heterocycles. The van der Waals surface area contributed by atoms with E-state index in [4.69, 9.17) is 5.73 Å². The summed E-state index contributed by atoms with van der Waals surface area (Å²) in [6, 6.07) is 0. The Balaban J connectivity index is 4.58. The first kappa shape index (κ1) is 45.0. The van der Waals surface area contributed by atoms with E-state index in [1.165, 1.54) is 116 Å². The molecule has 2 unspecified atom stereocenters. The summed E-state index contributed by atoms with van der Waals surface area (Å²) in [5, 5.41) is 28.0. The number of carboxylic acids is 1. The second kappa shape index (κ2) is 31.3. The Kier molecular flexibility index (Phi) is 30.7. The molecule has 0 bridgehead atoms. The molecule has 0 amide bonds. The Morgan fingerprint density at radius 2 is 0.913 bits per heavy atom. The number of aliphatic carboxylic acids is 1. The van der Waals surface area contributed by atoms with Crippen LogP contribution in [0.25, 0.3) is 0 Å². The number of carbonyl (C=O) groups excluding carboxylic acids is 2. The van der Waals surface area contributed by atoms with E-state index in [0.29, 0.717) is 12.8 Å². The Labute approximate surface area is 287 Å². The van der Waals surface area contributed by atoms with Crippen molar-refractivity contribution in [1.29, 1.82) is 0 Å². The van der Waals surface area contributed by atoms with E-state index in [-0.39, 0.29) is 24.4 Å². The van der Waals surface area contributed by atoms with Crippen molar-refractivity contribution in [2.45, 2.75) is 211 Å². The number of unbranched alkanes of at least 4 members (excludes halogenated alkanes) is 24. The number of nitrogens with two attached hydrogens (primary N) is 1. The fourth-order valence-electron chi connectivity index (χ4n) is 6.07. The van der Waals surface area contributed by atoms with Crippen LogP contribution in [0.15, 0.2) is 0 Å². The molecule has 46 heavy (non-hydrogen) atoms. The lowest BCUT2D eigenvalue weighted by molar-refractivity contribution is -0.150. The SMILES string of the molecule is CCCCCCCCCCCCCCCC(=O)C(SCC(O)CO)[C@](N)(C(=O)O)C(=O)CCCCCCCCCCCCCCC. The van der Waals surface area contributed by atoms with Crippen LogP contribution in [0.4, 0.5) is 0 Å².